The summed E-state index contributed by atoms with van der Waals surface area (Å²) in [5, 5.41) is 10.4. The molecule has 1 N–H and O–H groups in total. The normalized spacial score (nSPS) is 14.8. The number of H-pyrrole nitrogens is 1. The number of aryl methyl sites for hydroxylation is 1. The zero-order chi connectivity index (χ0) is 15.7. The van der Waals surface area contributed by atoms with Gasteiger partial charge < -0.3 is 0 Å². The maximum atomic E-state index is 12.5. The lowest BCUT2D eigenvalue weighted by Crippen LogP contribution is -2.35. The second-order valence-electron chi connectivity index (χ2n) is 4.73. The molecule has 0 spiro atoms. The van der Waals surface area contributed by atoms with Gasteiger partial charge in [0.2, 0.25) is 0 Å². The summed E-state index contributed by atoms with van der Waals surface area (Å²) in [7, 11) is 0. The van der Waals surface area contributed by atoms with Crippen LogP contribution in [0.15, 0.2) is 29.2 Å². The van der Waals surface area contributed by atoms with Crippen LogP contribution >= 0.6 is 11.8 Å². The molecule has 1 aromatic carbocycles. The van der Waals surface area contributed by atoms with Crippen LogP contribution in [0, 0.1) is 0 Å². The summed E-state index contributed by atoms with van der Waals surface area (Å²) in [6.45, 7) is 0.511. The van der Waals surface area contributed by atoms with Gasteiger partial charge in [0.15, 0.2) is 5.82 Å². The molecule has 0 unspecified atom stereocenters. The number of rotatable bonds is 2. The molecule has 116 valence electrons. The Morgan fingerprint density at radius 3 is 2.64 bits per heavy atom. The van der Waals surface area contributed by atoms with E-state index < -0.39 is 5.51 Å². The molecule has 22 heavy (non-hydrogen) atoms. The minimum absolute atomic E-state index is 0.0461. The molecule has 0 atom stereocenters. The topological polar surface area (TPSA) is 61.9 Å². The van der Waals surface area contributed by atoms with Crippen LogP contribution < -0.4 is 4.90 Å². The Balaban J connectivity index is 1.79. The largest absolute Gasteiger partial charge is 0.446 e. The van der Waals surface area contributed by atoms with E-state index in [4.69, 9.17) is 0 Å². The Labute approximate surface area is 127 Å². The number of alkyl halides is 3. The van der Waals surface area contributed by atoms with Crippen LogP contribution in [0.5, 0.6) is 0 Å². The van der Waals surface area contributed by atoms with E-state index in [-0.39, 0.29) is 22.6 Å². The summed E-state index contributed by atoms with van der Waals surface area (Å²) < 4.78 is 36.9. The maximum absolute atomic E-state index is 12.5. The van der Waals surface area contributed by atoms with Gasteiger partial charge in [-0.1, -0.05) is 0 Å². The van der Waals surface area contributed by atoms with Gasteiger partial charge in [-0.25, -0.2) is 0 Å². The Hall–Kier alpha value is -2.03. The maximum Gasteiger partial charge on any atom is 0.446 e. The molecule has 0 radical (unpaired) electrons. The Bertz CT molecular complexity index is 683. The highest BCUT2D eigenvalue weighted by Crippen LogP contribution is 2.36. The molecule has 0 saturated carbocycles. The third kappa shape index (κ3) is 3.08. The molecule has 0 aliphatic carbocycles. The van der Waals surface area contributed by atoms with E-state index >= 15 is 0 Å². The smallest absolute Gasteiger partial charge is 0.290 e. The second kappa shape index (κ2) is 5.64. The van der Waals surface area contributed by atoms with Crippen molar-refractivity contribution in [3.05, 3.63) is 35.5 Å². The standard InChI is InChI=1S/C13H11F3N4OS/c14-13(15,16)22-9-5-3-8(4-6-9)12(21)20-7-1-2-10-11(20)18-19-17-10/h3-6H,1-2,7H2,(H,17,18,19). The van der Waals surface area contributed by atoms with Gasteiger partial charge in [-0.3, -0.25) is 9.69 Å². The van der Waals surface area contributed by atoms with Crippen molar-refractivity contribution < 1.29 is 18.0 Å². The van der Waals surface area contributed by atoms with Crippen LogP contribution in [0.3, 0.4) is 0 Å². The number of benzene rings is 1. The average molecular weight is 328 g/mol. The van der Waals surface area contributed by atoms with E-state index in [1.807, 2.05) is 0 Å². The fourth-order valence-corrected chi connectivity index (χ4v) is 2.83. The molecule has 2 heterocycles. The molecule has 0 saturated heterocycles. The van der Waals surface area contributed by atoms with Gasteiger partial charge in [0.05, 0.1) is 0 Å². The highest BCUT2D eigenvalue weighted by molar-refractivity contribution is 8.00. The molecular formula is C13H11F3N4OS. The van der Waals surface area contributed by atoms with Crippen molar-refractivity contribution in [3.8, 4) is 0 Å². The molecule has 1 aliphatic heterocycles. The molecule has 0 bridgehead atoms. The number of nitrogens with zero attached hydrogens (tertiary/aromatic N) is 3. The number of hydrogen-bond donors (Lipinski definition) is 1. The fourth-order valence-electron chi connectivity index (χ4n) is 2.29. The van der Waals surface area contributed by atoms with Gasteiger partial charge in [-0.15, -0.1) is 5.10 Å². The van der Waals surface area contributed by atoms with Crippen molar-refractivity contribution in [1.29, 1.82) is 0 Å². The lowest BCUT2D eigenvalue weighted by Gasteiger charge is -2.24. The molecule has 3 rings (SSSR count). The van der Waals surface area contributed by atoms with Gasteiger partial charge in [0.1, 0.15) is 5.69 Å². The Morgan fingerprint density at radius 2 is 1.95 bits per heavy atom. The van der Waals surface area contributed by atoms with E-state index in [2.05, 4.69) is 15.4 Å². The summed E-state index contributed by atoms with van der Waals surface area (Å²) in [5.74, 6) is 0.198. The van der Waals surface area contributed by atoms with E-state index in [1.54, 1.807) is 0 Å². The minimum Gasteiger partial charge on any atom is -0.290 e. The number of carbonyl (C=O) groups is 1. The first-order valence-corrected chi connectivity index (χ1v) is 7.33. The predicted octanol–water partition coefficient (Wildman–Crippen LogP) is 3.01. The molecule has 2 aromatic rings. The van der Waals surface area contributed by atoms with Gasteiger partial charge in [0.25, 0.3) is 5.91 Å². The quantitative estimate of drug-likeness (QED) is 0.861. The van der Waals surface area contributed by atoms with Crippen molar-refractivity contribution in [2.75, 3.05) is 11.4 Å². The molecule has 5 nitrogen and oxygen atoms in total. The lowest BCUT2D eigenvalue weighted by molar-refractivity contribution is -0.0328. The van der Waals surface area contributed by atoms with Crippen molar-refractivity contribution >= 4 is 23.5 Å². The Morgan fingerprint density at radius 1 is 1.23 bits per heavy atom. The molecule has 1 aliphatic rings. The van der Waals surface area contributed by atoms with Gasteiger partial charge in [-0.2, -0.15) is 23.5 Å². The SMILES string of the molecule is O=C(c1ccc(SC(F)(F)F)cc1)N1CCCc2n[nH]nc21. The Kier molecular flexibility index (Phi) is 3.81. The summed E-state index contributed by atoms with van der Waals surface area (Å²) in [5.41, 5.74) is -3.29. The van der Waals surface area contributed by atoms with Crippen molar-refractivity contribution in [2.24, 2.45) is 0 Å². The molecule has 1 aromatic heterocycles. The first kappa shape index (κ1) is 14.9. The number of amides is 1. The number of carbonyl (C=O) groups excluding carboxylic acids is 1. The van der Waals surface area contributed by atoms with Gasteiger partial charge in [0, 0.05) is 17.0 Å². The van der Waals surface area contributed by atoms with E-state index in [0.717, 1.165) is 18.5 Å². The molecular weight excluding hydrogens is 317 g/mol. The van der Waals surface area contributed by atoms with Crippen LogP contribution in [0.1, 0.15) is 22.5 Å². The monoisotopic (exact) mass is 328 g/mol. The summed E-state index contributed by atoms with van der Waals surface area (Å²) in [6.07, 6.45) is 1.52. The number of fused-ring (bicyclic) bond motifs is 1. The van der Waals surface area contributed by atoms with Crippen molar-refractivity contribution in [1.82, 2.24) is 15.4 Å². The van der Waals surface area contributed by atoms with Crippen molar-refractivity contribution in [2.45, 2.75) is 23.2 Å². The van der Waals surface area contributed by atoms with E-state index in [1.165, 1.54) is 29.2 Å². The highest BCUT2D eigenvalue weighted by atomic mass is 32.2. The van der Waals surface area contributed by atoms with Gasteiger partial charge >= 0.3 is 5.51 Å². The molecule has 1 amide bonds. The summed E-state index contributed by atoms with van der Waals surface area (Å²) >= 11 is -0.206. The summed E-state index contributed by atoms with van der Waals surface area (Å²) in [4.78, 5) is 14.0. The average Bonchev–Trinajstić information content (AvgIpc) is 2.94. The predicted molar refractivity (Wildman–Crippen MR) is 74.7 cm³/mol. The highest BCUT2D eigenvalue weighted by Gasteiger charge is 2.30. The summed E-state index contributed by atoms with van der Waals surface area (Å²) in [6, 6.07) is 5.37. The van der Waals surface area contributed by atoms with Crippen LogP contribution in [-0.2, 0) is 6.42 Å². The van der Waals surface area contributed by atoms with E-state index in [9.17, 15) is 18.0 Å². The molecule has 0 fully saturated rings. The number of halogens is 3. The number of thioether (sulfide) groups is 1. The second-order valence-corrected chi connectivity index (χ2v) is 5.86. The third-order valence-electron chi connectivity index (χ3n) is 3.23. The van der Waals surface area contributed by atoms with Crippen LogP contribution in [-0.4, -0.2) is 33.4 Å². The van der Waals surface area contributed by atoms with Crippen LogP contribution in [0.2, 0.25) is 0 Å². The minimum atomic E-state index is -4.34. The number of aromatic nitrogens is 3. The lowest BCUT2D eigenvalue weighted by atomic mass is 10.1. The number of hydrogen-bond acceptors (Lipinski definition) is 4. The third-order valence-corrected chi connectivity index (χ3v) is 3.97. The fraction of sp³-hybridized carbons (Fsp3) is 0.308. The zero-order valence-electron chi connectivity index (χ0n) is 11.2. The van der Waals surface area contributed by atoms with Crippen LogP contribution in [0.25, 0.3) is 0 Å². The molecule has 9 heteroatoms. The first-order valence-electron chi connectivity index (χ1n) is 6.51. The first-order chi connectivity index (χ1) is 10.4. The van der Waals surface area contributed by atoms with E-state index in [0.29, 0.717) is 17.9 Å². The number of nitrogens with one attached hydrogen (secondary N) is 1. The number of aromatic amines is 1. The zero-order valence-corrected chi connectivity index (χ0v) is 12.0. The number of anilines is 1. The van der Waals surface area contributed by atoms with Crippen LogP contribution in [0.4, 0.5) is 19.0 Å². The van der Waals surface area contributed by atoms with Crippen molar-refractivity contribution in [3.63, 3.8) is 0 Å². The van der Waals surface area contributed by atoms with Gasteiger partial charge in [-0.05, 0) is 48.9 Å².